The highest BCUT2D eigenvalue weighted by molar-refractivity contribution is 6.59. The van der Waals surface area contributed by atoms with E-state index in [2.05, 4.69) is 228 Å². The first-order valence-corrected chi connectivity index (χ1v) is 31.2. The maximum absolute atomic E-state index is 13.6. The summed E-state index contributed by atoms with van der Waals surface area (Å²) >= 11 is 10.8. The van der Waals surface area contributed by atoms with E-state index in [0.717, 1.165) is 62.3 Å². The zero-order valence-corrected chi connectivity index (χ0v) is 55.7. The van der Waals surface area contributed by atoms with Gasteiger partial charge >= 0.3 is 11.6 Å². The number of carbonyl (C=O) groups excluding carboxylic acids is 2. The molecule has 4 heterocycles. The topological polar surface area (TPSA) is 297 Å². The fourth-order valence-corrected chi connectivity index (χ4v) is 11.3. The molecule has 14 rings (SSSR count). The van der Waals surface area contributed by atoms with Crippen molar-refractivity contribution < 1.29 is 31.6 Å². The standard InChI is InChI=1S/C42H29NO.C18N12.C12F4N4.C8Cl2N2O2/c1-3-10-30(11-4-1)32-18-24-35(25-19-32)43(36-26-20-33(21-27-36)31-12-5-2-6-13-31)37-28-22-34(23-29-37)38-15-9-16-40-39-14-7-8-17-41(39)44-42(38)40;1-22-16-9(6-21)27-12-10-11(26-8(5-20)7(4-19)25-10)14-15(13(12)28-16)30-18(24-3)17(23-2)29-14;1-19-12(20-2)7-10(15)8(13)6(5(3-17)4-18)9(14)11(7)16;1-12-6-3(2-11)7(13)4(9)5(10)8(6)14/h1-29H;;;. The summed E-state index contributed by atoms with van der Waals surface area (Å²) in [4.78, 5) is 66.8. The van der Waals surface area contributed by atoms with Crippen LogP contribution in [0.4, 0.5) is 52.1 Å². The smallest absolute Gasteiger partial charge is 0.455 e. The molecule has 1 aliphatic carbocycles. The minimum absolute atomic E-state index is 0.000622. The normalized spacial score (nSPS) is 11.1. The third-order valence-electron chi connectivity index (χ3n) is 15.9. The van der Waals surface area contributed by atoms with E-state index in [4.69, 9.17) is 82.8 Å². The van der Waals surface area contributed by atoms with Gasteiger partial charge in [-0.15, -0.1) is 15.0 Å². The van der Waals surface area contributed by atoms with Crippen molar-refractivity contribution in [3.8, 4) is 69.8 Å². The fraction of sp³-hybridized carbons (Fsp3) is 0. The van der Waals surface area contributed by atoms with Crippen LogP contribution in [0.1, 0.15) is 17.1 Å². The van der Waals surface area contributed by atoms with Crippen molar-refractivity contribution in [1.29, 1.82) is 31.6 Å². The molecule has 0 atom stereocenters. The number of allylic oxidation sites excluding steroid dienone is 3. The Bertz CT molecular complexity index is 6200. The van der Waals surface area contributed by atoms with Gasteiger partial charge in [-0.2, -0.15) is 41.3 Å². The summed E-state index contributed by atoms with van der Waals surface area (Å²) in [5.41, 5.74) is 9.00. The SMILES string of the molecule is [C-]#[N+]C([N+]#[C-])=c1c(F)c(F)c(=C(C#N)C#N)c(F)c1F.[C-]#[N+]C1=C(C#N)C(=O)C(Cl)=C(Cl)C1=O.[C-]#[N+]c1nc2c(nc1C#N)c1nc(C#N)c(C#N)nc1c1nc([N+]#[C-])c([N+]#[C-])nc21.c1ccc(-c2ccc(N(c3ccc(-c4ccccc4)cc3)c3ccc(-c4cccc5c4oc4ccccc45)cc3)cc2)cc1. The molecule has 22 nitrogen and oxygen atoms in total. The molecule has 4 aromatic heterocycles. The number of para-hydroxylation sites is 2. The molecule has 108 heavy (non-hydrogen) atoms. The highest BCUT2D eigenvalue weighted by atomic mass is 35.5. The number of furan rings is 1. The summed E-state index contributed by atoms with van der Waals surface area (Å²) < 4.78 is 60.9. The number of aromatic nitrogens is 6. The van der Waals surface area contributed by atoms with E-state index in [1.54, 1.807) is 18.2 Å². The summed E-state index contributed by atoms with van der Waals surface area (Å²) in [5.74, 6) is -11.9. The van der Waals surface area contributed by atoms with E-state index in [-0.39, 0.29) is 67.6 Å². The van der Waals surface area contributed by atoms with Crippen LogP contribution >= 0.6 is 23.2 Å². The number of nitrogens with zero attached hydrogens (tertiary/aromatic N) is 19. The van der Waals surface area contributed by atoms with Crippen LogP contribution in [0.15, 0.2) is 202 Å². The van der Waals surface area contributed by atoms with Gasteiger partial charge in [-0.25, -0.2) is 37.4 Å². The van der Waals surface area contributed by atoms with Crippen molar-refractivity contribution in [2.45, 2.75) is 0 Å². The van der Waals surface area contributed by atoms with Gasteiger partial charge in [0.05, 0.1) is 22.9 Å². The minimum atomic E-state index is -2.01. The van der Waals surface area contributed by atoms with E-state index < -0.39 is 78.0 Å². The van der Waals surface area contributed by atoms with Crippen LogP contribution in [0.25, 0.3) is 129 Å². The summed E-state index contributed by atoms with van der Waals surface area (Å²) in [7, 11) is 0. The van der Waals surface area contributed by atoms with Crippen LogP contribution in [-0.4, -0.2) is 41.5 Å². The lowest BCUT2D eigenvalue weighted by Crippen LogP contribution is -2.30. The number of anilines is 3. The van der Waals surface area contributed by atoms with E-state index >= 15 is 0 Å². The number of Topliss-reactive ketones (excluding diaryl/α,β-unsaturated/α-hetero) is 2. The molecule has 0 bridgehead atoms. The molecule has 0 spiro atoms. The van der Waals surface area contributed by atoms with Crippen molar-refractivity contribution in [2.75, 3.05) is 4.90 Å². The van der Waals surface area contributed by atoms with Crippen LogP contribution in [0.2, 0.25) is 0 Å². The van der Waals surface area contributed by atoms with Crippen molar-refractivity contribution in [1.82, 2.24) is 29.9 Å². The quantitative estimate of drug-likeness (QED) is 0.0491. The number of carbonyl (C=O) groups is 2. The predicted molar refractivity (Wildman–Crippen MR) is 388 cm³/mol. The number of benzene rings is 9. The molecule has 0 unspecified atom stereocenters. The maximum atomic E-state index is 13.6. The molecule has 0 saturated heterocycles. The van der Waals surface area contributed by atoms with E-state index in [1.165, 1.54) is 28.3 Å². The number of rotatable bonds is 6. The molecule has 0 N–H and O–H groups in total. The van der Waals surface area contributed by atoms with Gasteiger partial charge in [-0.1, -0.05) is 176 Å². The van der Waals surface area contributed by atoms with E-state index in [9.17, 15) is 42.9 Å². The molecular formula is C80H29Cl2F4N19O3. The van der Waals surface area contributed by atoms with Gasteiger partial charge in [0, 0.05) is 33.4 Å². The number of hydrogen-bond acceptors (Lipinski definition) is 16. The van der Waals surface area contributed by atoms with Crippen LogP contribution in [0.5, 0.6) is 0 Å². The van der Waals surface area contributed by atoms with Gasteiger partial charge in [0.2, 0.25) is 22.6 Å². The van der Waals surface area contributed by atoms with Gasteiger partial charge in [-0.3, -0.25) is 4.79 Å². The Hall–Kier alpha value is -16.7. The third-order valence-corrected chi connectivity index (χ3v) is 16.7. The Morgan fingerprint density at radius 1 is 0.407 bits per heavy atom. The Morgan fingerprint density at radius 2 is 0.796 bits per heavy atom. The predicted octanol–water partition coefficient (Wildman–Crippen LogP) is 17.7. The second-order valence-corrected chi connectivity index (χ2v) is 22.6. The third kappa shape index (κ3) is 13.6. The Labute approximate surface area is 616 Å². The zero-order valence-electron chi connectivity index (χ0n) is 54.2. The molecule has 504 valence electrons. The summed E-state index contributed by atoms with van der Waals surface area (Å²) in [6.07, 6.45) is 0. The van der Waals surface area contributed by atoms with Crippen molar-refractivity contribution in [3.05, 3.63) is 317 Å². The highest BCUT2D eigenvalue weighted by Crippen LogP contribution is 2.42. The number of halogens is 6. The number of fused-ring (bicyclic) bond motifs is 9. The van der Waals surface area contributed by atoms with Gasteiger partial charge in [0.1, 0.15) is 92.6 Å². The average Bonchev–Trinajstić information content (AvgIpc) is 0.887. The second kappa shape index (κ2) is 31.5. The monoisotopic (exact) mass is 1450 g/mol. The lowest BCUT2D eigenvalue weighted by Gasteiger charge is -2.26. The molecular weight excluding hydrogens is 1420 g/mol. The van der Waals surface area contributed by atoms with Crippen LogP contribution in [0.3, 0.4) is 0 Å². The number of nitriles is 6. The maximum Gasteiger partial charge on any atom is 0.532 e. The van der Waals surface area contributed by atoms with Crippen LogP contribution in [0, 0.1) is 131 Å². The summed E-state index contributed by atoms with van der Waals surface area (Å²) in [5, 5.41) is 51.7. The lowest BCUT2D eigenvalue weighted by molar-refractivity contribution is -0.115. The van der Waals surface area contributed by atoms with Crippen LogP contribution < -0.4 is 15.3 Å². The van der Waals surface area contributed by atoms with Gasteiger partial charge in [0.15, 0.2) is 40.4 Å². The van der Waals surface area contributed by atoms with Crippen molar-refractivity contribution >= 4 is 136 Å². The first-order chi connectivity index (χ1) is 52.4. The van der Waals surface area contributed by atoms with Gasteiger partial charge in [0.25, 0.3) is 22.8 Å². The Balaban J connectivity index is 0.000000157. The summed E-state index contributed by atoms with van der Waals surface area (Å²) in [6.45, 7) is 41.4. The van der Waals surface area contributed by atoms with Crippen molar-refractivity contribution in [2.24, 2.45) is 0 Å². The fourth-order valence-electron chi connectivity index (χ4n) is 11.0. The largest absolute Gasteiger partial charge is 0.532 e. The minimum Gasteiger partial charge on any atom is -0.455 e. The number of hydrogen-bond donors (Lipinski definition) is 0. The Morgan fingerprint density at radius 3 is 1.22 bits per heavy atom. The van der Waals surface area contributed by atoms with Crippen LogP contribution in [-0.2, 0) is 9.59 Å². The first-order valence-electron chi connectivity index (χ1n) is 30.4. The molecule has 13 aromatic rings. The highest BCUT2D eigenvalue weighted by Gasteiger charge is 2.34. The molecule has 0 radical (unpaired) electrons. The zero-order chi connectivity index (χ0) is 77.0. The molecule has 0 fully saturated rings. The van der Waals surface area contributed by atoms with Crippen molar-refractivity contribution in [3.63, 3.8) is 0 Å². The summed E-state index contributed by atoms with van der Waals surface area (Å²) in [6, 6.07) is 71.0. The molecule has 0 saturated carbocycles. The first kappa shape index (κ1) is 72.6. The molecule has 0 aliphatic heterocycles. The van der Waals surface area contributed by atoms with Gasteiger partial charge < -0.3 is 28.6 Å². The van der Waals surface area contributed by atoms with Gasteiger partial charge in [-0.05, 0) is 70.3 Å². The number of ketones is 2. The average molecular weight is 1450 g/mol. The second-order valence-electron chi connectivity index (χ2n) is 21.8. The molecule has 28 heteroatoms. The molecule has 9 aromatic carbocycles. The molecule has 1 aliphatic rings. The Kier molecular flexibility index (Phi) is 21.2. The molecule has 0 amide bonds. The van der Waals surface area contributed by atoms with E-state index in [0.29, 0.717) is 0 Å². The lowest BCUT2D eigenvalue weighted by atomic mass is 10.0. The van der Waals surface area contributed by atoms with E-state index in [1.807, 2.05) is 12.1 Å².